The molecule has 0 saturated carbocycles. The molecule has 4 heavy (non-hydrogen) atoms. The molecule has 0 aromatic carbocycles. The van der Waals surface area contributed by atoms with Crippen LogP contribution >= 0.6 is 0 Å². The summed E-state index contributed by atoms with van der Waals surface area (Å²) in [6.45, 7) is 0. The minimum Gasteiger partial charge on any atom is 0 e. The van der Waals surface area contributed by atoms with Crippen LogP contribution in [0.3, 0.4) is 0 Å². The van der Waals surface area contributed by atoms with Crippen molar-refractivity contribution in [2.45, 2.75) is 0 Å². The Morgan fingerprint density at radius 3 is 1.75 bits per heavy atom. The third kappa shape index (κ3) is 9.42. The maximum absolute atomic E-state index is 7.40. The van der Waals surface area contributed by atoms with Crippen LogP contribution in [0.5, 0.6) is 0 Å². The minimum atomic E-state index is 0. The number of hydrogen-bond donors (Lipinski definition) is 0. The maximum atomic E-state index is 7.40. The summed E-state index contributed by atoms with van der Waals surface area (Å²) in [4.78, 5) is 0. The fourth-order valence-electron chi connectivity index (χ4n) is 0. The minimum absolute atomic E-state index is 0. The van der Waals surface area contributed by atoms with E-state index in [0.29, 0.717) is 49.0 Å². The SMILES string of the molecule is N#[C][K].[Mn]. The van der Waals surface area contributed by atoms with Crippen molar-refractivity contribution in [3.8, 4) is 0.164 Å². The molecule has 0 unspecified atom stereocenters. The van der Waals surface area contributed by atoms with E-state index in [1.165, 1.54) is 0 Å². The molecule has 0 aromatic heterocycles. The standard InChI is InChI=1S/CN.K.Mn/c1-2;;. The van der Waals surface area contributed by atoms with E-state index in [1.54, 1.807) is 0 Å². The van der Waals surface area contributed by atoms with Crippen LogP contribution in [-0.4, -0.2) is 49.0 Å². The molecule has 0 N–H and O–H groups in total. The number of nitrogens with zero attached hydrogens (tertiary/aromatic N) is 1. The molecular weight excluding hydrogens is 120 g/mol. The summed E-state index contributed by atoms with van der Waals surface area (Å²) in [6.07, 6.45) is 0. The second kappa shape index (κ2) is 8.82. The van der Waals surface area contributed by atoms with Gasteiger partial charge in [-0.15, -0.1) is 0 Å². The van der Waals surface area contributed by atoms with Crippen molar-refractivity contribution in [2.24, 2.45) is 0 Å². The smallest absolute Gasteiger partial charge is 0 e. The van der Waals surface area contributed by atoms with Crippen LogP contribution in [0.2, 0.25) is 0 Å². The normalized spacial score (nSPS) is 2.25. The third-order valence-corrected chi connectivity index (χ3v) is 0. The molecule has 0 heterocycles. The molecule has 0 fully saturated rings. The van der Waals surface area contributed by atoms with E-state index < -0.39 is 0 Å². The quantitative estimate of drug-likeness (QED) is 0.400. The zero-order chi connectivity index (χ0) is 2.71. The number of hydrogen-bond acceptors (Lipinski definition) is 1. The topological polar surface area (TPSA) is 23.8 Å². The van der Waals surface area contributed by atoms with Crippen LogP contribution in [0.4, 0.5) is 0 Å². The van der Waals surface area contributed by atoms with Gasteiger partial charge in [0.25, 0.3) is 0 Å². The number of rotatable bonds is 0. The summed E-state index contributed by atoms with van der Waals surface area (Å²) in [5.74, 6) is 0. The summed E-state index contributed by atoms with van der Waals surface area (Å²) >= 11 is 0.410. The summed E-state index contributed by atoms with van der Waals surface area (Å²) in [5, 5.41) is 7.40. The van der Waals surface area contributed by atoms with Crippen LogP contribution in [0.25, 0.3) is 0 Å². The molecule has 0 spiro atoms. The van der Waals surface area contributed by atoms with Crippen molar-refractivity contribution in [1.82, 2.24) is 0 Å². The molecule has 0 aliphatic carbocycles. The van der Waals surface area contributed by atoms with Crippen molar-refractivity contribution >= 4 is 49.0 Å². The Morgan fingerprint density at radius 1 is 1.75 bits per heavy atom. The third-order valence-electron chi connectivity index (χ3n) is 0. The molecule has 0 aliphatic rings. The molecule has 3 heteroatoms. The van der Waals surface area contributed by atoms with Crippen molar-refractivity contribution in [3.63, 3.8) is 0 Å². The Balaban J connectivity index is 0. The van der Waals surface area contributed by atoms with E-state index in [2.05, 4.69) is 0 Å². The van der Waals surface area contributed by atoms with Gasteiger partial charge >= 0.3 is 54.4 Å². The fraction of sp³-hybridized carbons (Fsp3) is 0. The van der Waals surface area contributed by atoms with Gasteiger partial charge in [0.2, 0.25) is 0 Å². The first kappa shape index (κ1) is 9.17. The fourth-order valence-corrected chi connectivity index (χ4v) is 0. The largest absolute Gasteiger partial charge is 0 e. The Hall–Kier alpha value is 1.65. The zero-order valence-electron chi connectivity index (χ0n) is 2.33. The zero-order valence-corrected chi connectivity index (χ0v) is 6.63. The monoisotopic (exact) mass is 120 g/mol. The molecule has 0 bridgehead atoms. The van der Waals surface area contributed by atoms with Gasteiger partial charge in [-0.25, -0.2) is 0 Å². The van der Waals surface area contributed by atoms with Crippen LogP contribution in [0.1, 0.15) is 0 Å². The Labute approximate surface area is 69.8 Å². The van der Waals surface area contributed by atoms with Gasteiger partial charge in [0.1, 0.15) is 0 Å². The van der Waals surface area contributed by atoms with Gasteiger partial charge in [0.15, 0.2) is 0 Å². The van der Waals surface area contributed by atoms with Gasteiger partial charge in [0.05, 0.1) is 0 Å². The van der Waals surface area contributed by atoms with Crippen molar-refractivity contribution in [3.05, 3.63) is 0 Å². The van der Waals surface area contributed by atoms with Crippen LogP contribution < -0.4 is 0 Å². The predicted molar refractivity (Wildman–Crippen MR) is 11.4 cm³/mol. The van der Waals surface area contributed by atoms with E-state index in [4.69, 9.17) is 5.26 Å². The molecule has 0 saturated heterocycles. The maximum Gasteiger partial charge on any atom is 0 e. The summed E-state index contributed by atoms with van der Waals surface area (Å²) in [6, 6.07) is 0. The first-order valence-corrected chi connectivity index (χ1v) is 2.29. The average Bonchev–Trinajstić information content (AvgIpc) is 0.918. The van der Waals surface area contributed by atoms with Crippen molar-refractivity contribution < 1.29 is 17.1 Å². The van der Waals surface area contributed by atoms with Gasteiger partial charge < -0.3 is 0 Å². The van der Waals surface area contributed by atoms with Gasteiger partial charge in [0, 0.05) is 17.1 Å². The van der Waals surface area contributed by atoms with Crippen LogP contribution in [0, 0.1) is 5.43 Å². The molecule has 0 rings (SSSR count). The van der Waals surface area contributed by atoms with Gasteiger partial charge in [-0.2, -0.15) is 0 Å². The molecule has 0 atom stereocenters. The molecule has 1 nitrogen and oxygen atoms in total. The van der Waals surface area contributed by atoms with E-state index in [9.17, 15) is 0 Å². The molecule has 0 amide bonds. The van der Waals surface area contributed by atoms with Gasteiger partial charge in [-0.05, 0) is 0 Å². The van der Waals surface area contributed by atoms with Crippen molar-refractivity contribution in [2.75, 3.05) is 0 Å². The van der Waals surface area contributed by atoms with E-state index in [1.807, 2.05) is 0.164 Å². The summed E-state index contributed by atoms with van der Waals surface area (Å²) < 4.78 is 1.94. The average molecular weight is 120 g/mol. The first-order chi connectivity index (χ1) is 1.41. The Bertz CT molecular complexity index is 29.5. The molecule has 0 aromatic rings. The van der Waals surface area contributed by atoms with Crippen LogP contribution in [-0.2, 0) is 17.1 Å². The predicted octanol–water partition coefficient (Wildman–Crippen LogP) is -0.367. The second-order valence-corrected chi connectivity index (χ2v) is 0.922. The van der Waals surface area contributed by atoms with Gasteiger partial charge in [-0.3, -0.25) is 0 Å². The first-order valence-electron chi connectivity index (χ1n) is 0.724. The molecule has 0 aliphatic heterocycles. The van der Waals surface area contributed by atoms with Gasteiger partial charge in [-0.1, -0.05) is 0 Å². The molecule has 17 valence electrons. The van der Waals surface area contributed by atoms with E-state index in [0.717, 1.165) is 0 Å². The van der Waals surface area contributed by atoms with E-state index >= 15 is 0 Å². The molecular formula is CKMnN. The summed E-state index contributed by atoms with van der Waals surface area (Å²) in [5.41, 5.74) is 0. The molecule has 1 radical (unpaired) electrons. The van der Waals surface area contributed by atoms with E-state index in [-0.39, 0.29) is 17.1 Å². The number of nitriles is 1. The second-order valence-electron chi connectivity index (χ2n) is 0.224. The van der Waals surface area contributed by atoms with Crippen molar-refractivity contribution in [1.29, 1.82) is 5.26 Å². The van der Waals surface area contributed by atoms with Crippen LogP contribution in [0.15, 0.2) is 0 Å². The Kier molecular flexibility index (Phi) is 20.2. The summed E-state index contributed by atoms with van der Waals surface area (Å²) in [7, 11) is 0. The Morgan fingerprint density at radius 2 is 1.75 bits per heavy atom.